The third-order valence-electron chi connectivity index (χ3n) is 2.37. The zero-order chi connectivity index (χ0) is 11.5. The molecule has 1 aliphatic rings. The molecule has 0 unspecified atom stereocenters. The molecule has 1 aromatic carbocycles. The minimum absolute atomic E-state index is 0.233. The van der Waals surface area contributed by atoms with Crippen LogP contribution in [0.2, 0.25) is 0 Å². The molecule has 0 radical (unpaired) electrons. The van der Waals surface area contributed by atoms with Crippen molar-refractivity contribution in [2.75, 3.05) is 13.1 Å². The summed E-state index contributed by atoms with van der Waals surface area (Å²) in [7, 11) is 0. The average molecular weight is 283 g/mol. The van der Waals surface area contributed by atoms with Gasteiger partial charge in [-0.15, -0.1) is 0 Å². The van der Waals surface area contributed by atoms with Gasteiger partial charge in [-0.3, -0.25) is 19.8 Å². The Morgan fingerprint density at radius 1 is 1.19 bits per heavy atom. The van der Waals surface area contributed by atoms with E-state index in [1.807, 2.05) is 29.2 Å². The van der Waals surface area contributed by atoms with Gasteiger partial charge in [0.15, 0.2) is 0 Å². The van der Waals surface area contributed by atoms with E-state index in [4.69, 9.17) is 0 Å². The highest BCUT2D eigenvalue weighted by molar-refractivity contribution is 9.10. The van der Waals surface area contributed by atoms with Crippen molar-refractivity contribution in [3.63, 3.8) is 0 Å². The molecule has 0 aromatic heterocycles. The van der Waals surface area contributed by atoms with E-state index in [0.717, 1.165) is 10.0 Å². The van der Waals surface area contributed by atoms with Gasteiger partial charge in [0.25, 0.3) is 0 Å². The van der Waals surface area contributed by atoms with Crippen LogP contribution in [0.3, 0.4) is 0 Å². The van der Waals surface area contributed by atoms with Gasteiger partial charge < -0.3 is 0 Å². The highest BCUT2D eigenvalue weighted by Gasteiger charge is 2.22. The topological polar surface area (TPSA) is 49.4 Å². The third kappa shape index (κ3) is 2.68. The van der Waals surface area contributed by atoms with Crippen molar-refractivity contribution in [3.05, 3.63) is 34.3 Å². The standard InChI is InChI=1S/C11H11BrN2O2/c12-9-4-2-1-3-8(9)5-14-6-10(15)13-11(16)7-14/h1-4H,5-7H2,(H,13,15,16). The Morgan fingerprint density at radius 3 is 2.44 bits per heavy atom. The maximum absolute atomic E-state index is 11.2. The lowest BCUT2D eigenvalue weighted by atomic mass is 10.2. The summed E-state index contributed by atoms with van der Waals surface area (Å²) in [4.78, 5) is 24.2. The molecule has 1 saturated heterocycles. The largest absolute Gasteiger partial charge is 0.294 e. The van der Waals surface area contributed by atoms with E-state index in [-0.39, 0.29) is 24.9 Å². The fourth-order valence-electron chi connectivity index (χ4n) is 1.68. The van der Waals surface area contributed by atoms with Gasteiger partial charge in [-0.1, -0.05) is 34.1 Å². The normalized spacial score (nSPS) is 17.3. The lowest BCUT2D eigenvalue weighted by molar-refractivity contribution is -0.136. The third-order valence-corrected chi connectivity index (χ3v) is 3.14. The Hall–Kier alpha value is -1.20. The van der Waals surface area contributed by atoms with Crippen LogP contribution in [0.4, 0.5) is 0 Å². The summed E-state index contributed by atoms with van der Waals surface area (Å²) in [6.07, 6.45) is 0. The molecule has 0 atom stereocenters. The van der Waals surface area contributed by atoms with Crippen molar-refractivity contribution in [3.8, 4) is 0 Å². The van der Waals surface area contributed by atoms with E-state index in [9.17, 15) is 9.59 Å². The number of piperazine rings is 1. The van der Waals surface area contributed by atoms with Crippen LogP contribution in [0.1, 0.15) is 5.56 Å². The van der Waals surface area contributed by atoms with Gasteiger partial charge in [0.05, 0.1) is 13.1 Å². The molecule has 0 aliphatic carbocycles. The van der Waals surface area contributed by atoms with Crippen molar-refractivity contribution in [2.45, 2.75) is 6.54 Å². The minimum atomic E-state index is -0.233. The maximum atomic E-state index is 11.2. The molecule has 16 heavy (non-hydrogen) atoms. The summed E-state index contributed by atoms with van der Waals surface area (Å²) in [5.41, 5.74) is 1.07. The number of carbonyl (C=O) groups is 2. The highest BCUT2D eigenvalue weighted by atomic mass is 79.9. The second-order valence-electron chi connectivity index (χ2n) is 3.71. The first kappa shape index (κ1) is 11.3. The molecule has 1 N–H and O–H groups in total. The first-order chi connectivity index (χ1) is 7.65. The average Bonchev–Trinajstić information content (AvgIpc) is 2.20. The second kappa shape index (κ2) is 4.76. The lowest BCUT2D eigenvalue weighted by Gasteiger charge is -2.25. The molecule has 5 heteroatoms. The number of imide groups is 1. The number of carbonyl (C=O) groups excluding carboxylic acids is 2. The van der Waals surface area contributed by atoms with Gasteiger partial charge in [0.2, 0.25) is 11.8 Å². The number of benzene rings is 1. The summed E-state index contributed by atoms with van der Waals surface area (Å²) >= 11 is 3.44. The van der Waals surface area contributed by atoms with Crippen molar-refractivity contribution in [2.24, 2.45) is 0 Å². The van der Waals surface area contributed by atoms with Gasteiger partial charge >= 0.3 is 0 Å². The Labute approximate surface area is 102 Å². The number of rotatable bonds is 2. The number of nitrogens with zero attached hydrogens (tertiary/aromatic N) is 1. The minimum Gasteiger partial charge on any atom is -0.294 e. The van der Waals surface area contributed by atoms with E-state index in [1.54, 1.807) is 0 Å². The number of amides is 2. The van der Waals surface area contributed by atoms with E-state index < -0.39 is 0 Å². The fourth-order valence-corrected chi connectivity index (χ4v) is 2.09. The molecule has 0 spiro atoms. The van der Waals surface area contributed by atoms with Gasteiger partial charge in [-0.25, -0.2) is 0 Å². The SMILES string of the molecule is O=C1CN(Cc2ccccc2Br)CC(=O)N1. The van der Waals surface area contributed by atoms with Gasteiger partial charge in [0.1, 0.15) is 0 Å². The monoisotopic (exact) mass is 282 g/mol. The molecule has 2 rings (SSSR count). The van der Waals surface area contributed by atoms with Crippen LogP contribution in [0, 0.1) is 0 Å². The fraction of sp³-hybridized carbons (Fsp3) is 0.273. The smallest absolute Gasteiger partial charge is 0.240 e. The number of hydrogen-bond acceptors (Lipinski definition) is 3. The molecule has 1 heterocycles. The van der Waals surface area contributed by atoms with Crippen LogP contribution in [0.5, 0.6) is 0 Å². The summed E-state index contributed by atoms with van der Waals surface area (Å²) in [6.45, 7) is 1.14. The predicted octanol–water partition coefficient (Wildman–Crippen LogP) is 0.907. The zero-order valence-corrected chi connectivity index (χ0v) is 10.2. The summed E-state index contributed by atoms with van der Waals surface area (Å²) in [6, 6.07) is 7.79. The molecule has 0 bridgehead atoms. The van der Waals surface area contributed by atoms with Crippen LogP contribution < -0.4 is 5.32 Å². The van der Waals surface area contributed by atoms with Crippen molar-refractivity contribution < 1.29 is 9.59 Å². The zero-order valence-electron chi connectivity index (χ0n) is 8.57. The molecule has 4 nitrogen and oxygen atoms in total. The molecule has 2 amide bonds. The Kier molecular flexibility index (Phi) is 3.36. The molecule has 0 saturated carbocycles. The van der Waals surface area contributed by atoms with Gasteiger partial charge in [-0.2, -0.15) is 0 Å². The van der Waals surface area contributed by atoms with Crippen molar-refractivity contribution in [1.29, 1.82) is 0 Å². The molecular weight excluding hydrogens is 272 g/mol. The maximum Gasteiger partial charge on any atom is 0.240 e. The van der Waals surface area contributed by atoms with E-state index >= 15 is 0 Å². The predicted molar refractivity (Wildman–Crippen MR) is 62.6 cm³/mol. The molecular formula is C11H11BrN2O2. The lowest BCUT2D eigenvalue weighted by Crippen LogP contribution is -2.50. The van der Waals surface area contributed by atoms with Gasteiger partial charge in [0, 0.05) is 11.0 Å². The number of nitrogens with one attached hydrogen (secondary N) is 1. The summed E-state index contributed by atoms with van der Waals surface area (Å²) < 4.78 is 0.994. The first-order valence-corrected chi connectivity index (χ1v) is 5.73. The summed E-state index contributed by atoms with van der Waals surface area (Å²) in [5.74, 6) is -0.466. The Bertz CT molecular complexity index is 418. The van der Waals surface area contributed by atoms with E-state index in [2.05, 4.69) is 21.2 Å². The van der Waals surface area contributed by atoms with Gasteiger partial charge in [-0.05, 0) is 11.6 Å². The van der Waals surface area contributed by atoms with Crippen molar-refractivity contribution in [1.82, 2.24) is 10.2 Å². The molecule has 1 fully saturated rings. The van der Waals surface area contributed by atoms with Crippen LogP contribution in [0.15, 0.2) is 28.7 Å². The Morgan fingerprint density at radius 2 is 1.81 bits per heavy atom. The van der Waals surface area contributed by atoms with Crippen molar-refractivity contribution >= 4 is 27.7 Å². The summed E-state index contributed by atoms with van der Waals surface area (Å²) in [5, 5.41) is 2.28. The second-order valence-corrected chi connectivity index (χ2v) is 4.56. The number of halogens is 1. The highest BCUT2D eigenvalue weighted by Crippen LogP contribution is 2.17. The van der Waals surface area contributed by atoms with Crippen LogP contribution in [-0.2, 0) is 16.1 Å². The first-order valence-electron chi connectivity index (χ1n) is 4.93. The van der Waals surface area contributed by atoms with E-state index in [0.29, 0.717) is 6.54 Å². The van der Waals surface area contributed by atoms with Crippen LogP contribution in [0.25, 0.3) is 0 Å². The number of hydrogen-bond donors (Lipinski definition) is 1. The van der Waals surface area contributed by atoms with Crippen LogP contribution >= 0.6 is 15.9 Å². The molecule has 1 aromatic rings. The van der Waals surface area contributed by atoms with E-state index in [1.165, 1.54) is 0 Å². The quantitative estimate of drug-likeness (QED) is 0.821. The Balaban J connectivity index is 2.07. The molecule has 84 valence electrons. The van der Waals surface area contributed by atoms with Crippen LogP contribution in [-0.4, -0.2) is 29.8 Å². The molecule has 1 aliphatic heterocycles.